The maximum absolute atomic E-state index is 12.6. The number of benzene rings is 1. The van der Waals surface area contributed by atoms with Crippen molar-refractivity contribution in [1.82, 2.24) is 15.1 Å². The number of carbonyl (C=O) groups is 2. The van der Waals surface area contributed by atoms with Crippen LogP contribution in [-0.2, 0) is 4.79 Å². The lowest BCUT2D eigenvalue weighted by Gasteiger charge is -2.35. The molecule has 0 aromatic heterocycles. The van der Waals surface area contributed by atoms with E-state index in [0.717, 1.165) is 49.5 Å². The minimum Gasteiger partial charge on any atom is -0.352 e. The number of likely N-dealkylation sites (tertiary alicyclic amines) is 2. The molecule has 3 heterocycles. The Morgan fingerprint density at radius 2 is 1.97 bits per heavy atom. The molecule has 2 N–H and O–H groups in total. The van der Waals surface area contributed by atoms with Gasteiger partial charge in [0.25, 0.3) is 11.8 Å². The van der Waals surface area contributed by atoms with Crippen molar-refractivity contribution in [1.29, 1.82) is 0 Å². The molecule has 30 heavy (non-hydrogen) atoms. The molecule has 0 unspecified atom stereocenters. The first-order valence-corrected chi connectivity index (χ1v) is 12.4. The van der Waals surface area contributed by atoms with Gasteiger partial charge in [0, 0.05) is 29.6 Å². The number of rotatable bonds is 6. The molecule has 6 nitrogen and oxygen atoms in total. The van der Waals surface area contributed by atoms with Gasteiger partial charge in [0.05, 0.1) is 5.69 Å². The van der Waals surface area contributed by atoms with Gasteiger partial charge in [-0.05, 0) is 76.9 Å². The number of carbonyl (C=O) groups excluding carboxylic acids is 2. The van der Waals surface area contributed by atoms with Crippen molar-refractivity contribution in [2.75, 3.05) is 38.0 Å². The molecule has 2 amide bonds. The monoisotopic (exact) mass is 430 g/mol. The van der Waals surface area contributed by atoms with Crippen LogP contribution in [0.1, 0.15) is 62.2 Å². The third-order valence-corrected chi connectivity index (χ3v) is 7.88. The fourth-order valence-corrected chi connectivity index (χ4v) is 5.86. The van der Waals surface area contributed by atoms with Gasteiger partial charge in [-0.2, -0.15) is 0 Å². The summed E-state index contributed by atoms with van der Waals surface area (Å²) in [5, 5.41) is 5.91. The van der Waals surface area contributed by atoms with E-state index in [1.165, 1.54) is 32.2 Å². The summed E-state index contributed by atoms with van der Waals surface area (Å²) >= 11 is 1.61. The fourth-order valence-electron chi connectivity index (χ4n) is 4.71. The summed E-state index contributed by atoms with van der Waals surface area (Å²) in [5.74, 6) is -0.0375. The minimum absolute atomic E-state index is 0.0302. The Morgan fingerprint density at radius 3 is 2.77 bits per heavy atom. The molecule has 0 spiro atoms. The predicted molar refractivity (Wildman–Crippen MR) is 122 cm³/mol. The van der Waals surface area contributed by atoms with Crippen LogP contribution in [0.15, 0.2) is 23.1 Å². The lowest BCUT2D eigenvalue weighted by atomic mass is 10.0. The molecule has 2 atom stereocenters. The minimum atomic E-state index is -0.158. The number of hydrogen-bond donors (Lipinski definition) is 2. The van der Waals surface area contributed by atoms with Crippen molar-refractivity contribution in [2.24, 2.45) is 0 Å². The summed E-state index contributed by atoms with van der Waals surface area (Å²) in [6.45, 7) is 7.16. The summed E-state index contributed by atoms with van der Waals surface area (Å²) in [6, 6.07) is 6.32. The van der Waals surface area contributed by atoms with E-state index in [2.05, 4.69) is 27.4 Å². The molecule has 164 valence electrons. The second-order valence-electron chi connectivity index (χ2n) is 8.76. The Hall–Kier alpha value is -1.57. The zero-order chi connectivity index (χ0) is 20.9. The largest absolute Gasteiger partial charge is 0.352 e. The topological polar surface area (TPSA) is 64.7 Å². The van der Waals surface area contributed by atoms with E-state index in [1.807, 2.05) is 18.2 Å². The van der Waals surface area contributed by atoms with Gasteiger partial charge in [-0.25, -0.2) is 0 Å². The molecule has 2 saturated heterocycles. The number of nitrogens with one attached hydrogen (secondary N) is 2. The second kappa shape index (κ2) is 10.2. The first kappa shape index (κ1) is 21.7. The summed E-state index contributed by atoms with van der Waals surface area (Å²) in [7, 11) is 0. The highest BCUT2D eigenvalue weighted by atomic mass is 32.2. The van der Waals surface area contributed by atoms with Crippen LogP contribution in [0.3, 0.4) is 0 Å². The normalized spacial score (nSPS) is 25.4. The van der Waals surface area contributed by atoms with E-state index in [0.29, 0.717) is 18.2 Å². The molecule has 0 radical (unpaired) electrons. The third kappa shape index (κ3) is 5.18. The van der Waals surface area contributed by atoms with E-state index in [9.17, 15) is 9.59 Å². The maximum Gasteiger partial charge on any atom is 0.252 e. The molecule has 1 aromatic rings. The zero-order valence-electron chi connectivity index (χ0n) is 18.0. The van der Waals surface area contributed by atoms with Crippen LogP contribution in [0, 0.1) is 0 Å². The van der Waals surface area contributed by atoms with Crippen molar-refractivity contribution in [3.63, 3.8) is 0 Å². The highest BCUT2D eigenvalue weighted by Crippen LogP contribution is 2.38. The van der Waals surface area contributed by atoms with Crippen molar-refractivity contribution < 1.29 is 9.59 Å². The summed E-state index contributed by atoms with van der Waals surface area (Å²) in [4.78, 5) is 31.1. The number of anilines is 1. The molecule has 0 saturated carbocycles. The number of piperidine rings is 2. The van der Waals surface area contributed by atoms with Crippen LogP contribution in [0.2, 0.25) is 0 Å². The Morgan fingerprint density at radius 1 is 1.17 bits per heavy atom. The summed E-state index contributed by atoms with van der Waals surface area (Å²) in [5.41, 5.74) is 1.37. The number of nitrogens with zero attached hydrogens (tertiary/aromatic N) is 2. The van der Waals surface area contributed by atoms with Gasteiger partial charge in [0.2, 0.25) is 0 Å². The van der Waals surface area contributed by atoms with E-state index >= 15 is 0 Å². The van der Waals surface area contributed by atoms with Gasteiger partial charge >= 0.3 is 0 Å². The molecule has 1 aromatic carbocycles. The van der Waals surface area contributed by atoms with Gasteiger partial charge in [-0.3, -0.25) is 14.5 Å². The van der Waals surface area contributed by atoms with Crippen LogP contribution in [0.25, 0.3) is 0 Å². The van der Waals surface area contributed by atoms with Crippen LogP contribution >= 0.6 is 11.8 Å². The fraction of sp³-hybridized carbons (Fsp3) is 0.652. The zero-order valence-corrected chi connectivity index (χ0v) is 18.8. The van der Waals surface area contributed by atoms with Gasteiger partial charge in [0.1, 0.15) is 5.37 Å². The summed E-state index contributed by atoms with van der Waals surface area (Å²) in [6.07, 6.45) is 8.44. The first-order valence-electron chi connectivity index (χ1n) is 11.5. The van der Waals surface area contributed by atoms with Gasteiger partial charge in [-0.1, -0.05) is 24.6 Å². The Labute approximate surface area is 184 Å². The maximum atomic E-state index is 12.6. The third-order valence-electron chi connectivity index (χ3n) is 6.53. The summed E-state index contributed by atoms with van der Waals surface area (Å²) < 4.78 is 0. The van der Waals surface area contributed by atoms with Crippen molar-refractivity contribution in [3.05, 3.63) is 23.8 Å². The number of thioether (sulfide) groups is 1. The average Bonchev–Trinajstić information content (AvgIpc) is 2.77. The van der Waals surface area contributed by atoms with Gasteiger partial charge in [0.15, 0.2) is 0 Å². The molecule has 7 heteroatoms. The Balaban J connectivity index is 1.29. The number of fused-ring (bicyclic) bond motifs is 1. The molecule has 3 aliphatic heterocycles. The van der Waals surface area contributed by atoms with E-state index in [-0.39, 0.29) is 17.2 Å². The first-order chi connectivity index (χ1) is 14.6. The highest BCUT2D eigenvalue weighted by Gasteiger charge is 2.33. The van der Waals surface area contributed by atoms with Crippen molar-refractivity contribution in [2.45, 2.75) is 68.2 Å². The standard InChI is InChI=1S/C23H34N4O2S/c1-17-8-3-6-12-26(17)15-7-11-24-21(28)18-9-10-20-19(16-18)25-22(29)23(30-20)27-13-4-2-5-14-27/h9-10,16-17,23H,2-8,11-15H2,1H3,(H,24,28)(H,25,29)/t17-,23-/m0/s1. The van der Waals surface area contributed by atoms with Gasteiger partial charge < -0.3 is 15.5 Å². The van der Waals surface area contributed by atoms with Crippen LogP contribution < -0.4 is 10.6 Å². The molecule has 0 aliphatic carbocycles. The van der Waals surface area contributed by atoms with E-state index in [4.69, 9.17) is 0 Å². The second-order valence-corrected chi connectivity index (χ2v) is 9.88. The highest BCUT2D eigenvalue weighted by molar-refractivity contribution is 8.00. The predicted octanol–water partition coefficient (Wildman–Crippen LogP) is 3.54. The van der Waals surface area contributed by atoms with Crippen LogP contribution in [0.4, 0.5) is 5.69 Å². The lowest BCUT2D eigenvalue weighted by Crippen LogP contribution is -2.46. The van der Waals surface area contributed by atoms with Crippen LogP contribution in [0.5, 0.6) is 0 Å². The molecule has 4 rings (SSSR count). The van der Waals surface area contributed by atoms with Crippen molar-refractivity contribution in [3.8, 4) is 0 Å². The number of hydrogen-bond acceptors (Lipinski definition) is 5. The number of amides is 2. The molecular weight excluding hydrogens is 396 g/mol. The van der Waals surface area contributed by atoms with Gasteiger partial charge in [-0.15, -0.1) is 0 Å². The molecule has 3 aliphatic rings. The smallest absolute Gasteiger partial charge is 0.252 e. The van der Waals surface area contributed by atoms with E-state index < -0.39 is 0 Å². The quantitative estimate of drug-likeness (QED) is 0.676. The Kier molecular flexibility index (Phi) is 7.33. The lowest BCUT2D eigenvalue weighted by molar-refractivity contribution is -0.118. The Bertz CT molecular complexity index is 766. The van der Waals surface area contributed by atoms with E-state index in [1.54, 1.807) is 11.8 Å². The molecule has 2 fully saturated rings. The van der Waals surface area contributed by atoms with Crippen LogP contribution in [-0.4, -0.2) is 65.8 Å². The molecular formula is C23H34N4O2S. The van der Waals surface area contributed by atoms with Crippen molar-refractivity contribution >= 4 is 29.3 Å². The SMILES string of the molecule is C[C@H]1CCCCN1CCCNC(=O)c1ccc2c(c1)NC(=O)[C@@H](N1CCCCC1)S2. The molecule has 0 bridgehead atoms. The average molecular weight is 431 g/mol.